The van der Waals surface area contributed by atoms with Crippen LogP contribution in [0, 0.1) is 0 Å². The van der Waals surface area contributed by atoms with Crippen molar-refractivity contribution in [3.8, 4) is 0 Å². The van der Waals surface area contributed by atoms with Crippen molar-refractivity contribution in [2.24, 2.45) is 0 Å². The summed E-state index contributed by atoms with van der Waals surface area (Å²) in [7, 11) is 0. The van der Waals surface area contributed by atoms with Crippen molar-refractivity contribution in [1.29, 1.82) is 0 Å². The van der Waals surface area contributed by atoms with Gasteiger partial charge in [0.25, 0.3) is 0 Å². The standard InChI is InChI=1S/C60H96O36S6.6Na/c61-31(62)7-1-13-97-19-25-49-37(73)43(79)55(85-25)92-50-26(20-98-14-2-8-32(63)64)87-57(45(81)39(50)75)94-52-28(22-100-16-4-10-34(67)68)89-59(47(83)41(52)77)96-54-30(24-102-18-6-12-36(71)72)90-60(48(84)42(54)78)95-53-29(23-101-17-5-11-35(69)70)88-58(46(82)40(53)76)93-51-27(21-99-15-3-9-33(65)66)86-56(91-49)44(80)38(51)74;;;;;;/h25-30,37-60,73-84H,1-24H2,(H,61,62)(H,63,64)(H,65,66)(H,67,68)(H,69,70)(H,71,72);;;;;;/q;6*+1/p-6/t25?,26?,27?,28?,29?,30?,37?,38?,39?,40?,41?,42?,43?,44?,45?,46?,47?,48?,49-,50-,51-,52-,53-,54-,55-,56-,57-,58-,59-,60-;;;;;;/m1....../s1. The first kappa shape index (κ1) is 110. The van der Waals surface area contributed by atoms with Crippen molar-refractivity contribution >= 4 is 106 Å². The van der Waals surface area contributed by atoms with Gasteiger partial charge in [-0.1, -0.05) is 0 Å². The number of aliphatic hydroxyl groups excluding tert-OH is 12. The molecule has 22 aliphatic rings. The second-order valence-corrected chi connectivity index (χ2v) is 32.0. The summed E-state index contributed by atoms with van der Waals surface area (Å²) in [6.07, 6.45) is -59.3. The van der Waals surface area contributed by atoms with E-state index in [9.17, 15) is 121 Å². The molecule has 108 heavy (non-hydrogen) atoms. The summed E-state index contributed by atoms with van der Waals surface area (Å²) in [5, 5.41) is 213. The number of carbonyl (C=O) groups is 6. The third-order valence-corrected chi connectivity index (χ3v) is 24.2. The second-order valence-electron chi connectivity index (χ2n) is 25.1. The van der Waals surface area contributed by atoms with Crippen molar-refractivity contribution in [3.63, 3.8) is 0 Å². The van der Waals surface area contributed by atoms with Crippen LogP contribution in [0.2, 0.25) is 0 Å². The van der Waals surface area contributed by atoms with Gasteiger partial charge in [-0.25, -0.2) is 0 Å². The average molecular weight is 1720 g/mol. The van der Waals surface area contributed by atoms with Gasteiger partial charge < -0.3 is 178 Å². The van der Waals surface area contributed by atoms with E-state index >= 15 is 0 Å². The summed E-state index contributed by atoms with van der Waals surface area (Å²) in [4.78, 5) is 68.2. The minimum atomic E-state index is -2.19. The Balaban J connectivity index is 0.00000972. The summed E-state index contributed by atoms with van der Waals surface area (Å²) in [6.45, 7) is 0. The number of aliphatic carboxylic acids is 6. The van der Waals surface area contributed by atoms with Crippen molar-refractivity contribution < 1.29 is 355 Å². The predicted octanol–water partition coefficient (Wildman–Crippen LogP) is -29.4. The molecule has 30 atom stereocenters. The Morgan fingerprint density at radius 1 is 0.213 bits per heavy atom. The van der Waals surface area contributed by atoms with Crippen LogP contribution in [-0.4, -0.2) is 350 Å². The topological polar surface area (TPSA) is 594 Å². The molecule has 22 saturated heterocycles. The maximum atomic E-state index is 12.1. The van der Waals surface area contributed by atoms with Gasteiger partial charge in [0.1, 0.15) is 110 Å². The molecule has 48 heteroatoms. The molecule has 0 aromatic heterocycles. The van der Waals surface area contributed by atoms with E-state index in [0.29, 0.717) is 0 Å². The van der Waals surface area contributed by atoms with Crippen LogP contribution < -0.4 is 208 Å². The smallest absolute Gasteiger partial charge is 0.550 e. The zero-order valence-corrected chi connectivity index (χ0v) is 77.8. The van der Waals surface area contributed by atoms with Crippen molar-refractivity contribution in [2.75, 3.05) is 69.0 Å². The van der Waals surface area contributed by atoms with Gasteiger partial charge in [-0.2, -0.15) is 70.6 Å². The molecule has 0 amide bonds. The Morgan fingerprint density at radius 2 is 0.333 bits per heavy atom. The monoisotopic (exact) mass is 1720 g/mol. The normalized spacial score (nSPS) is 37.6. The molecule has 22 aliphatic heterocycles. The van der Waals surface area contributed by atoms with E-state index in [4.69, 9.17) is 56.8 Å². The molecule has 18 unspecified atom stereocenters. The fourth-order valence-corrected chi connectivity index (χ4v) is 18.1. The summed E-state index contributed by atoms with van der Waals surface area (Å²) in [6, 6.07) is 0. The number of carboxylic acid groups (broad SMARTS) is 6. The Kier molecular flexibility index (Phi) is 57.6. The molecule has 588 valence electrons. The molecular weight excluding hydrogens is 1630 g/mol. The van der Waals surface area contributed by atoms with Crippen molar-refractivity contribution in [1.82, 2.24) is 0 Å². The molecule has 36 nitrogen and oxygen atoms in total. The first-order valence-electron chi connectivity index (χ1n) is 33.2. The maximum absolute atomic E-state index is 12.1. The quantitative estimate of drug-likeness (QED) is 0.0205. The molecule has 0 aromatic rings. The number of aliphatic hydroxyl groups is 12. The van der Waals surface area contributed by atoms with E-state index in [1.807, 2.05) is 0 Å². The number of ether oxygens (including phenoxy) is 12. The minimum Gasteiger partial charge on any atom is -0.550 e. The molecule has 12 bridgehead atoms. The van der Waals surface area contributed by atoms with Gasteiger partial charge in [-0.3, -0.25) is 0 Å². The molecule has 0 aliphatic carbocycles. The largest absolute Gasteiger partial charge is 1.00 e. The Morgan fingerprint density at radius 3 is 0.444 bits per heavy atom. The van der Waals surface area contributed by atoms with Crippen LogP contribution in [-0.2, 0) is 85.6 Å². The van der Waals surface area contributed by atoms with Gasteiger partial charge in [0.15, 0.2) is 37.7 Å². The van der Waals surface area contributed by atoms with Crippen LogP contribution in [0.4, 0.5) is 0 Å². The van der Waals surface area contributed by atoms with Crippen LogP contribution in [0.5, 0.6) is 0 Å². The number of carbonyl (C=O) groups excluding carboxylic acids is 6. The Labute approximate surface area is 781 Å². The van der Waals surface area contributed by atoms with Gasteiger partial charge in [0, 0.05) is 70.3 Å². The first-order chi connectivity index (χ1) is 48.6. The number of hydrogen-bond donors (Lipinski definition) is 12. The summed E-state index contributed by atoms with van der Waals surface area (Å²) < 4.78 is 75.4. The molecule has 22 heterocycles. The number of hydrogen-bond acceptors (Lipinski definition) is 42. The Hall–Kier alpha value is 3.96. The molecule has 22 rings (SSSR count). The van der Waals surface area contributed by atoms with Gasteiger partial charge in [-0.05, 0) is 112 Å². The van der Waals surface area contributed by atoms with Crippen LogP contribution in [0.25, 0.3) is 0 Å². The van der Waals surface area contributed by atoms with Gasteiger partial charge >= 0.3 is 177 Å². The SMILES string of the molecule is O=C([O-])CCCSCC1O[C@@H]2O[C@@H]3C(CSCCCC(=O)[O-])O[C@H](O[C@@H]4C(CSCCCC(=O)[O-])O[C@H](O[C@@H]5C(CSCCCC(=O)[O-])O[C@H](O[C@@H]6C(CSCCCC(=O)[O-])O[C@H](O[C@@H]7C(CSCCCC(=O)[O-])O[C@H](O[C@H]1C(O)C2O)C(O)C7O)C(O)C6O)C(O)C5O)C(O)C4O)C(O)C3O.[Na+].[Na+].[Na+].[Na+].[Na+].[Na+]. The average Bonchev–Trinajstić information content (AvgIpc) is 0.773. The van der Waals surface area contributed by atoms with Crippen molar-refractivity contribution in [2.45, 2.75) is 261 Å². The maximum Gasteiger partial charge on any atom is 1.00 e. The Bertz CT molecular complexity index is 2180. The van der Waals surface area contributed by atoms with Crippen LogP contribution in [0.15, 0.2) is 0 Å². The van der Waals surface area contributed by atoms with Crippen LogP contribution in [0.3, 0.4) is 0 Å². The summed E-state index contributed by atoms with van der Waals surface area (Å²) in [5.74, 6) is -8.83. The van der Waals surface area contributed by atoms with Crippen LogP contribution >= 0.6 is 70.6 Å². The van der Waals surface area contributed by atoms with Gasteiger partial charge in [0.2, 0.25) is 0 Å². The number of carboxylic acids is 6. The van der Waals surface area contributed by atoms with E-state index in [1.165, 1.54) is 0 Å². The molecule has 22 fully saturated rings. The summed E-state index contributed by atoms with van der Waals surface area (Å²) in [5.41, 5.74) is 0. The zero-order valence-electron chi connectivity index (χ0n) is 60.9. The molecule has 0 radical (unpaired) electrons. The van der Waals surface area contributed by atoms with Crippen molar-refractivity contribution in [3.05, 3.63) is 0 Å². The molecule has 12 N–H and O–H groups in total. The van der Waals surface area contributed by atoms with E-state index in [0.717, 1.165) is 70.6 Å². The molecule has 0 saturated carbocycles. The molecule has 0 spiro atoms. The number of thioether (sulfide) groups is 6. The van der Waals surface area contributed by atoms with E-state index in [-0.39, 0.29) is 323 Å². The van der Waals surface area contributed by atoms with Gasteiger partial charge in [0.05, 0.1) is 36.6 Å². The van der Waals surface area contributed by atoms with E-state index in [2.05, 4.69) is 0 Å². The predicted molar refractivity (Wildman–Crippen MR) is 343 cm³/mol. The third kappa shape index (κ3) is 34.0. The van der Waals surface area contributed by atoms with Crippen LogP contribution in [0.1, 0.15) is 77.0 Å². The minimum absolute atomic E-state index is 0. The summed E-state index contributed by atoms with van der Waals surface area (Å²) >= 11 is 6.34. The fourth-order valence-electron chi connectivity index (χ4n) is 12.0. The number of rotatable bonds is 36. The van der Waals surface area contributed by atoms with E-state index < -0.39 is 220 Å². The first-order valence-corrected chi connectivity index (χ1v) is 40.2. The second kappa shape index (κ2) is 56.6. The van der Waals surface area contributed by atoms with Gasteiger partial charge in [-0.15, -0.1) is 0 Å². The van der Waals surface area contributed by atoms with E-state index in [1.54, 1.807) is 0 Å². The zero-order chi connectivity index (χ0) is 74.5. The fraction of sp³-hybridized carbons (Fsp3) is 0.900. The molecular formula is C60H90Na6O36S6. The molecule has 0 aromatic carbocycles. The third-order valence-electron chi connectivity index (χ3n) is 17.3.